The highest BCUT2D eigenvalue weighted by molar-refractivity contribution is 7.99. The van der Waals surface area contributed by atoms with E-state index in [2.05, 4.69) is 0 Å². The summed E-state index contributed by atoms with van der Waals surface area (Å²) in [7, 11) is 0. The Morgan fingerprint density at radius 1 is 1.35 bits per heavy atom. The first kappa shape index (κ1) is 13.9. The molecular weight excluding hydrogens is 254 g/mol. The second-order valence-corrected chi connectivity index (χ2v) is 4.25. The number of thioether (sulfide) groups is 1. The number of aromatic carboxylic acids is 1. The van der Waals surface area contributed by atoms with E-state index in [4.69, 9.17) is 15.3 Å². The molecular formula is C10H10F2O4S. The molecule has 0 aliphatic heterocycles. The van der Waals surface area contributed by atoms with Crippen LogP contribution >= 0.6 is 11.8 Å². The average molecular weight is 264 g/mol. The van der Waals surface area contributed by atoms with Crippen molar-refractivity contribution in [3.63, 3.8) is 0 Å². The number of hydrogen-bond acceptors (Lipinski definition) is 4. The van der Waals surface area contributed by atoms with E-state index in [9.17, 15) is 13.6 Å². The molecule has 0 aromatic heterocycles. The predicted octanol–water partition coefficient (Wildman–Crippen LogP) is 1.11. The van der Waals surface area contributed by atoms with Gasteiger partial charge in [-0.15, -0.1) is 11.8 Å². The van der Waals surface area contributed by atoms with Gasteiger partial charge in [-0.25, -0.2) is 13.6 Å². The lowest BCUT2D eigenvalue weighted by Crippen LogP contribution is -2.15. The van der Waals surface area contributed by atoms with E-state index >= 15 is 0 Å². The fourth-order valence-corrected chi connectivity index (χ4v) is 1.91. The number of halogens is 2. The van der Waals surface area contributed by atoms with E-state index in [1.807, 2.05) is 0 Å². The van der Waals surface area contributed by atoms with E-state index in [-0.39, 0.29) is 10.6 Å². The summed E-state index contributed by atoms with van der Waals surface area (Å²) in [5, 5.41) is 26.1. The van der Waals surface area contributed by atoms with Crippen LogP contribution in [0.15, 0.2) is 17.0 Å². The van der Waals surface area contributed by atoms with E-state index in [0.29, 0.717) is 23.9 Å². The number of carbonyl (C=O) groups is 1. The highest BCUT2D eigenvalue weighted by Gasteiger charge is 2.16. The van der Waals surface area contributed by atoms with Crippen molar-refractivity contribution in [3.8, 4) is 0 Å². The summed E-state index contributed by atoms with van der Waals surface area (Å²) in [6.45, 7) is -0.510. The summed E-state index contributed by atoms with van der Waals surface area (Å²) in [4.78, 5) is 10.1. The van der Waals surface area contributed by atoms with Gasteiger partial charge >= 0.3 is 5.97 Å². The molecule has 0 bridgehead atoms. The first-order valence-corrected chi connectivity index (χ1v) is 5.58. The minimum absolute atomic E-state index is 0.0865. The number of aliphatic hydroxyl groups is 2. The smallest absolute Gasteiger partial charge is 0.335 e. The van der Waals surface area contributed by atoms with Crippen molar-refractivity contribution in [2.45, 2.75) is 11.0 Å². The van der Waals surface area contributed by atoms with Crippen LogP contribution in [0.2, 0.25) is 0 Å². The third kappa shape index (κ3) is 3.65. The molecule has 7 heteroatoms. The molecule has 1 aromatic rings. The summed E-state index contributed by atoms with van der Waals surface area (Å²) < 4.78 is 26.7. The largest absolute Gasteiger partial charge is 0.478 e. The van der Waals surface area contributed by atoms with Crippen molar-refractivity contribution < 1.29 is 28.9 Å². The molecule has 0 amide bonds. The number of carboxylic acids is 1. The second-order valence-electron chi connectivity index (χ2n) is 3.22. The third-order valence-corrected chi connectivity index (χ3v) is 3.11. The van der Waals surface area contributed by atoms with E-state index < -0.39 is 35.9 Å². The Balaban J connectivity index is 2.90. The Morgan fingerprint density at radius 2 is 1.88 bits per heavy atom. The fraction of sp³-hybridized carbons (Fsp3) is 0.300. The lowest BCUT2D eigenvalue weighted by Gasteiger charge is -2.08. The van der Waals surface area contributed by atoms with Gasteiger partial charge in [-0.1, -0.05) is 0 Å². The van der Waals surface area contributed by atoms with Crippen LogP contribution in [0.4, 0.5) is 8.78 Å². The summed E-state index contributed by atoms with van der Waals surface area (Å²) in [6, 6.07) is 1.41. The van der Waals surface area contributed by atoms with Crippen molar-refractivity contribution in [3.05, 3.63) is 29.3 Å². The monoisotopic (exact) mass is 264 g/mol. The van der Waals surface area contributed by atoms with Crippen molar-refractivity contribution in [1.82, 2.24) is 0 Å². The zero-order valence-electron chi connectivity index (χ0n) is 8.56. The number of benzene rings is 1. The minimum atomic E-state index is -1.42. The van der Waals surface area contributed by atoms with Crippen LogP contribution in [0, 0.1) is 11.6 Å². The summed E-state index contributed by atoms with van der Waals surface area (Å²) >= 11 is 0.674. The maximum absolute atomic E-state index is 13.4. The summed E-state index contributed by atoms with van der Waals surface area (Å²) in [6.07, 6.45) is -1.09. The lowest BCUT2D eigenvalue weighted by molar-refractivity contribution is 0.0695. The van der Waals surface area contributed by atoms with Crippen LogP contribution in [0.5, 0.6) is 0 Å². The normalized spacial score (nSPS) is 12.5. The van der Waals surface area contributed by atoms with Gasteiger partial charge in [0.2, 0.25) is 0 Å². The topological polar surface area (TPSA) is 77.8 Å². The van der Waals surface area contributed by atoms with Gasteiger partial charge in [0.1, 0.15) is 11.6 Å². The molecule has 1 rings (SSSR count). The van der Waals surface area contributed by atoms with Gasteiger partial charge in [-0.05, 0) is 12.1 Å². The van der Waals surface area contributed by atoms with Crippen LogP contribution in [0.1, 0.15) is 10.4 Å². The van der Waals surface area contributed by atoms with Gasteiger partial charge in [0.05, 0.1) is 23.2 Å². The van der Waals surface area contributed by atoms with E-state index in [1.165, 1.54) is 0 Å². The molecule has 0 spiro atoms. The molecule has 1 aromatic carbocycles. The van der Waals surface area contributed by atoms with Crippen LogP contribution < -0.4 is 0 Å². The Labute approximate surface area is 99.9 Å². The molecule has 0 saturated heterocycles. The molecule has 3 N–H and O–H groups in total. The van der Waals surface area contributed by atoms with Crippen LogP contribution in [0.3, 0.4) is 0 Å². The van der Waals surface area contributed by atoms with Gasteiger partial charge in [-0.3, -0.25) is 0 Å². The van der Waals surface area contributed by atoms with Gasteiger partial charge in [0.25, 0.3) is 0 Å². The van der Waals surface area contributed by atoms with Crippen LogP contribution in [-0.4, -0.2) is 39.8 Å². The first-order valence-electron chi connectivity index (χ1n) is 4.59. The Kier molecular flexibility index (Phi) is 4.86. The highest BCUT2D eigenvalue weighted by atomic mass is 32.2. The number of aliphatic hydroxyl groups excluding tert-OH is 2. The van der Waals surface area contributed by atoms with Crippen molar-refractivity contribution in [2.75, 3.05) is 12.4 Å². The molecule has 4 nitrogen and oxygen atoms in total. The average Bonchev–Trinajstić information content (AvgIpc) is 2.27. The Bertz CT molecular complexity index is 402. The van der Waals surface area contributed by atoms with Crippen molar-refractivity contribution in [2.24, 2.45) is 0 Å². The van der Waals surface area contributed by atoms with Crippen molar-refractivity contribution in [1.29, 1.82) is 0 Å². The molecule has 0 saturated carbocycles. The minimum Gasteiger partial charge on any atom is -0.478 e. The van der Waals surface area contributed by atoms with E-state index in [0.717, 1.165) is 0 Å². The quantitative estimate of drug-likeness (QED) is 0.694. The maximum Gasteiger partial charge on any atom is 0.335 e. The first-order chi connectivity index (χ1) is 7.95. The Morgan fingerprint density at radius 3 is 2.29 bits per heavy atom. The SMILES string of the molecule is O=C(O)c1cc(F)c(SCC(O)CO)c(F)c1. The molecule has 94 valence electrons. The lowest BCUT2D eigenvalue weighted by atomic mass is 10.2. The number of carboxylic acid groups (broad SMARTS) is 1. The molecule has 0 aliphatic rings. The van der Waals surface area contributed by atoms with Crippen molar-refractivity contribution >= 4 is 17.7 Å². The molecule has 0 heterocycles. The molecule has 1 unspecified atom stereocenters. The zero-order chi connectivity index (χ0) is 13.0. The van der Waals surface area contributed by atoms with E-state index in [1.54, 1.807) is 0 Å². The van der Waals surface area contributed by atoms with Gasteiger partial charge in [-0.2, -0.15) is 0 Å². The van der Waals surface area contributed by atoms with Crippen LogP contribution in [0.25, 0.3) is 0 Å². The highest BCUT2D eigenvalue weighted by Crippen LogP contribution is 2.27. The van der Waals surface area contributed by atoms with Gasteiger partial charge in [0.15, 0.2) is 0 Å². The maximum atomic E-state index is 13.4. The molecule has 0 fully saturated rings. The fourth-order valence-electron chi connectivity index (χ4n) is 1.05. The second kappa shape index (κ2) is 5.95. The molecule has 0 aliphatic carbocycles. The zero-order valence-corrected chi connectivity index (χ0v) is 9.38. The number of rotatable bonds is 5. The molecule has 17 heavy (non-hydrogen) atoms. The Hall–Kier alpha value is -1.18. The molecule has 1 atom stereocenters. The third-order valence-electron chi connectivity index (χ3n) is 1.88. The van der Waals surface area contributed by atoms with Crippen LogP contribution in [-0.2, 0) is 0 Å². The summed E-state index contributed by atoms with van der Waals surface area (Å²) in [5.41, 5.74) is -0.480. The van der Waals surface area contributed by atoms with Gasteiger partial charge in [0, 0.05) is 5.75 Å². The predicted molar refractivity (Wildman–Crippen MR) is 57.1 cm³/mol. The standard InChI is InChI=1S/C10H10F2O4S/c11-7-1-5(10(15)16)2-8(12)9(7)17-4-6(14)3-13/h1-2,6,13-14H,3-4H2,(H,15,16). The molecule has 0 radical (unpaired) electrons. The van der Waals surface area contributed by atoms with Gasteiger partial charge < -0.3 is 15.3 Å². The summed E-state index contributed by atoms with van der Waals surface area (Å²) in [5.74, 6) is -3.51. The number of hydrogen-bond donors (Lipinski definition) is 3.